The summed E-state index contributed by atoms with van der Waals surface area (Å²) in [5.41, 5.74) is 2.26. The van der Waals surface area contributed by atoms with Crippen LogP contribution < -0.4 is 0 Å². The molecular formula is C13H14O. The van der Waals surface area contributed by atoms with Gasteiger partial charge in [0.1, 0.15) is 0 Å². The summed E-state index contributed by atoms with van der Waals surface area (Å²) in [6, 6.07) is 12.3. The van der Waals surface area contributed by atoms with Gasteiger partial charge in [-0.05, 0) is 35.7 Å². The molecule has 0 saturated carbocycles. The van der Waals surface area contributed by atoms with E-state index in [2.05, 4.69) is 25.1 Å². The zero-order valence-electron chi connectivity index (χ0n) is 8.49. The van der Waals surface area contributed by atoms with E-state index in [0.717, 1.165) is 10.9 Å². The number of benzene rings is 2. The second kappa shape index (κ2) is 3.43. The smallest absolute Gasteiger partial charge is 0.0767 e. The van der Waals surface area contributed by atoms with Gasteiger partial charge >= 0.3 is 0 Å². The van der Waals surface area contributed by atoms with E-state index in [9.17, 15) is 5.11 Å². The summed E-state index contributed by atoms with van der Waals surface area (Å²) in [6.07, 6.45) is -0.402. The molecular weight excluding hydrogens is 172 g/mol. The number of aryl methyl sites for hydroxylation is 1. The molecule has 0 aromatic heterocycles. The number of hydrogen-bond donors (Lipinski definition) is 1. The van der Waals surface area contributed by atoms with Crippen molar-refractivity contribution < 1.29 is 5.11 Å². The lowest BCUT2D eigenvalue weighted by molar-refractivity contribution is 0.201. The van der Waals surface area contributed by atoms with Crippen LogP contribution >= 0.6 is 0 Å². The van der Waals surface area contributed by atoms with Gasteiger partial charge in [-0.15, -0.1) is 0 Å². The van der Waals surface area contributed by atoms with Gasteiger partial charge < -0.3 is 5.11 Å². The molecule has 0 heterocycles. The Morgan fingerprint density at radius 1 is 1.00 bits per heavy atom. The van der Waals surface area contributed by atoms with Crippen LogP contribution in [0.1, 0.15) is 24.2 Å². The first-order valence-electron chi connectivity index (χ1n) is 4.86. The van der Waals surface area contributed by atoms with E-state index in [4.69, 9.17) is 0 Å². The second-order valence-corrected chi connectivity index (χ2v) is 3.69. The van der Waals surface area contributed by atoms with Gasteiger partial charge in [-0.1, -0.05) is 36.4 Å². The summed E-state index contributed by atoms with van der Waals surface area (Å²) in [5.74, 6) is 0. The van der Waals surface area contributed by atoms with Gasteiger partial charge in [0, 0.05) is 0 Å². The Morgan fingerprint density at radius 3 is 2.29 bits per heavy atom. The fourth-order valence-electron chi connectivity index (χ4n) is 1.84. The molecule has 0 radical (unpaired) electrons. The highest BCUT2D eigenvalue weighted by molar-refractivity contribution is 5.88. The van der Waals surface area contributed by atoms with Crippen molar-refractivity contribution in [2.24, 2.45) is 0 Å². The molecule has 72 valence electrons. The topological polar surface area (TPSA) is 20.2 Å². The highest BCUT2D eigenvalue weighted by atomic mass is 16.3. The predicted octanol–water partition coefficient (Wildman–Crippen LogP) is 3.20. The van der Waals surface area contributed by atoms with Crippen molar-refractivity contribution in [2.45, 2.75) is 20.0 Å². The van der Waals surface area contributed by atoms with Gasteiger partial charge in [-0.3, -0.25) is 0 Å². The molecule has 0 bridgehead atoms. The molecule has 14 heavy (non-hydrogen) atoms. The predicted molar refractivity (Wildman–Crippen MR) is 59.3 cm³/mol. The van der Waals surface area contributed by atoms with Crippen molar-refractivity contribution in [2.75, 3.05) is 0 Å². The summed E-state index contributed by atoms with van der Waals surface area (Å²) < 4.78 is 0. The lowest BCUT2D eigenvalue weighted by Crippen LogP contribution is -1.93. The summed E-state index contributed by atoms with van der Waals surface area (Å²) in [7, 11) is 0. The summed E-state index contributed by atoms with van der Waals surface area (Å²) in [6.45, 7) is 3.89. The van der Waals surface area contributed by atoms with Crippen molar-refractivity contribution in [3.05, 3.63) is 47.5 Å². The maximum Gasteiger partial charge on any atom is 0.0767 e. The van der Waals surface area contributed by atoms with E-state index in [1.165, 1.54) is 10.9 Å². The van der Waals surface area contributed by atoms with E-state index in [1.54, 1.807) is 6.92 Å². The maximum atomic E-state index is 9.61. The average Bonchev–Trinajstić information content (AvgIpc) is 2.18. The zero-order valence-corrected chi connectivity index (χ0v) is 8.49. The minimum absolute atomic E-state index is 0.402. The average molecular weight is 186 g/mol. The lowest BCUT2D eigenvalue weighted by Gasteiger charge is -2.10. The molecule has 1 unspecified atom stereocenters. The van der Waals surface area contributed by atoms with Crippen LogP contribution in [-0.4, -0.2) is 5.11 Å². The minimum atomic E-state index is -0.402. The fourth-order valence-corrected chi connectivity index (χ4v) is 1.84. The quantitative estimate of drug-likeness (QED) is 0.725. The summed E-state index contributed by atoms with van der Waals surface area (Å²) >= 11 is 0. The van der Waals surface area contributed by atoms with Crippen molar-refractivity contribution in [1.82, 2.24) is 0 Å². The number of hydrogen-bond acceptors (Lipinski definition) is 1. The van der Waals surface area contributed by atoms with Crippen molar-refractivity contribution in [3.8, 4) is 0 Å². The van der Waals surface area contributed by atoms with Gasteiger partial charge in [0.05, 0.1) is 6.10 Å². The van der Waals surface area contributed by atoms with Crippen LogP contribution in [0.15, 0.2) is 36.4 Å². The normalized spacial score (nSPS) is 13.1. The third-order valence-electron chi connectivity index (χ3n) is 2.63. The van der Waals surface area contributed by atoms with Crippen LogP contribution in [0.25, 0.3) is 10.8 Å². The zero-order chi connectivity index (χ0) is 10.1. The molecule has 1 heteroatoms. The second-order valence-electron chi connectivity index (χ2n) is 3.69. The van der Waals surface area contributed by atoms with Crippen molar-refractivity contribution in [3.63, 3.8) is 0 Å². The Labute approximate surface area is 84.0 Å². The molecule has 0 fully saturated rings. The first kappa shape index (κ1) is 9.22. The number of aliphatic hydroxyl groups excluding tert-OH is 1. The standard InChI is InChI=1S/C13H14O/c1-9-7-8-12(10(2)14)13-6-4-3-5-11(9)13/h3-8,10,14H,1-2H3. The Bertz CT molecular complexity index is 458. The Kier molecular flexibility index (Phi) is 2.26. The highest BCUT2D eigenvalue weighted by Gasteiger charge is 2.06. The summed E-state index contributed by atoms with van der Waals surface area (Å²) in [5, 5.41) is 12.0. The van der Waals surface area contributed by atoms with Crippen LogP contribution in [0.3, 0.4) is 0 Å². The SMILES string of the molecule is Cc1ccc(C(C)O)c2ccccc12. The van der Waals surface area contributed by atoms with E-state index < -0.39 is 6.10 Å². The first-order valence-corrected chi connectivity index (χ1v) is 4.86. The third-order valence-corrected chi connectivity index (χ3v) is 2.63. The lowest BCUT2D eigenvalue weighted by atomic mass is 9.98. The van der Waals surface area contributed by atoms with E-state index in [-0.39, 0.29) is 0 Å². The molecule has 2 aromatic rings. The van der Waals surface area contributed by atoms with Crippen LogP contribution in [0.5, 0.6) is 0 Å². The van der Waals surface area contributed by atoms with Gasteiger partial charge in [0.25, 0.3) is 0 Å². The Morgan fingerprint density at radius 2 is 1.64 bits per heavy atom. The molecule has 0 aliphatic rings. The highest BCUT2D eigenvalue weighted by Crippen LogP contribution is 2.26. The van der Waals surface area contributed by atoms with E-state index >= 15 is 0 Å². The number of rotatable bonds is 1. The van der Waals surface area contributed by atoms with Crippen molar-refractivity contribution in [1.29, 1.82) is 0 Å². The molecule has 1 nitrogen and oxygen atoms in total. The molecule has 1 N–H and O–H groups in total. The van der Waals surface area contributed by atoms with Gasteiger partial charge in [0.2, 0.25) is 0 Å². The molecule has 0 aliphatic heterocycles. The first-order chi connectivity index (χ1) is 6.70. The van der Waals surface area contributed by atoms with Gasteiger partial charge in [0.15, 0.2) is 0 Å². The van der Waals surface area contributed by atoms with E-state index in [0.29, 0.717) is 0 Å². The van der Waals surface area contributed by atoms with Gasteiger partial charge in [-0.25, -0.2) is 0 Å². The van der Waals surface area contributed by atoms with Crippen LogP contribution in [0.4, 0.5) is 0 Å². The minimum Gasteiger partial charge on any atom is -0.389 e. The molecule has 0 saturated heterocycles. The van der Waals surface area contributed by atoms with Crippen LogP contribution in [0.2, 0.25) is 0 Å². The molecule has 0 aliphatic carbocycles. The van der Waals surface area contributed by atoms with E-state index in [1.807, 2.05) is 18.2 Å². The van der Waals surface area contributed by atoms with Crippen molar-refractivity contribution >= 4 is 10.8 Å². The fraction of sp³-hybridized carbons (Fsp3) is 0.231. The van der Waals surface area contributed by atoms with Crippen LogP contribution in [0, 0.1) is 6.92 Å². The van der Waals surface area contributed by atoms with Crippen LogP contribution in [-0.2, 0) is 0 Å². The van der Waals surface area contributed by atoms with Gasteiger partial charge in [-0.2, -0.15) is 0 Å². The largest absolute Gasteiger partial charge is 0.389 e. The number of aliphatic hydroxyl groups is 1. The molecule has 0 spiro atoms. The summed E-state index contributed by atoms with van der Waals surface area (Å²) in [4.78, 5) is 0. The third kappa shape index (κ3) is 1.40. The number of fused-ring (bicyclic) bond motifs is 1. The molecule has 1 atom stereocenters. The molecule has 2 rings (SSSR count). The molecule has 0 amide bonds. The monoisotopic (exact) mass is 186 g/mol. The Hall–Kier alpha value is -1.34. The maximum absolute atomic E-state index is 9.61. The Balaban J connectivity index is 2.82. The molecule has 2 aromatic carbocycles.